The number of piperidine rings is 1. The second kappa shape index (κ2) is 9.07. The van der Waals surface area contributed by atoms with Crippen molar-refractivity contribution in [2.24, 2.45) is 5.10 Å². The fourth-order valence-electron chi connectivity index (χ4n) is 2.53. The van der Waals surface area contributed by atoms with Crippen LogP contribution in [0.3, 0.4) is 0 Å². The van der Waals surface area contributed by atoms with Gasteiger partial charge in [-0.2, -0.15) is 9.41 Å². The van der Waals surface area contributed by atoms with Gasteiger partial charge in [-0.15, -0.1) is 6.58 Å². The first-order chi connectivity index (χ1) is 11.9. The Labute approximate surface area is 155 Å². The zero-order chi connectivity index (χ0) is 18.3. The van der Waals surface area contributed by atoms with Crippen LogP contribution in [0, 0.1) is 0 Å². The van der Waals surface area contributed by atoms with Gasteiger partial charge >= 0.3 is 0 Å². The lowest BCUT2D eigenvalue weighted by Gasteiger charge is -2.25. The molecule has 2 N–H and O–H groups in total. The molecule has 8 heteroatoms. The van der Waals surface area contributed by atoms with Gasteiger partial charge in [-0.25, -0.2) is 8.42 Å². The number of benzene rings is 1. The largest absolute Gasteiger partial charge is 0.358 e. The van der Waals surface area contributed by atoms with Crippen molar-refractivity contribution in [3.8, 4) is 0 Å². The molecule has 2 rings (SSSR count). The number of nitrogens with zero attached hydrogens (tertiary/aromatic N) is 2. The van der Waals surface area contributed by atoms with Crippen LogP contribution in [0.2, 0.25) is 0 Å². The summed E-state index contributed by atoms with van der Waals surface area (Å²) in [4.78, 5) is 0.321. The monoisotopic (exact) mass is 380 g/mol. The Kier molecular flexibility index (Phi) is 7.10. The summed E-state index contributed by atoms with van der Waals surface area (Å²) in [5.41, 5.74) is 4.29. The minimum absolute atomic E-state index is 0.321. The van der Waals surface area contributed by atoms with E-state index in [-0.39, 0.29) is 0 Å². The normalized spacial score (nSPS) is 16.3. The van der Waals surface area contributed by atoms with E-state index in [1.54, 1.807) is 34.6 Å². The van der Waals surface area contributed by atoms with Gasteiger partial charge in [0.15, 0.2) is 5.11 Å². The molecule has 1 aliphatic heterocycles. The number of rotatable bonds is 6. The second-order valence-corrected chi connectivity index (χ2v) is 8.14. The van der Waals surface area contributed by atoms with E-state index < -0.39 is 10.0 Å². The van der Waals surface area contributed by atoms with Crippen LogP contribution in [0.4, 0.5) is 0 Å². The molecule has 0 atom stereocenters. The summed E-state index contributed by atoms with van der Waals surface area (Å²) in [6, 6.07) is 6.79. The molecule has 0 unspecified atom stereocenters. The molecule has 1 heterocycles. The van der Waals surface area contributed by atoms with Crippen LogP contribution in [-0.4, -0.2) is 43.2 Å². The van der Waals surface area contributed by atoms with Crippen LogP contribution < -0.4 is 10.7 Å². The van der Waals surface area contributed by atoms with Gasteiger partial charge < -0.3 is 5.32 Å². The van der Waals surface area contributed by atoms with Crippen molar-refractivity contribution >= 4 is 33.1 Å². The fraction of sp³-hybridized carbons (Fsp3) is 0.412. The molecule has 1 aromatic rings. The third-order valence-corrected chi connectivity index (χ3v) is 6.11. The molecule has 0 bridgehead atoms. The highest BCUT2D eigenvalue weighted by atomic mass is 32.2. The lowest BCUT2D eigenvalue weighted by Crippen LogP contribution is -2.35. The summed E-state index contributed by atoms with van der Waals surface area (Å²) in [5.74, 6) is 0. The Morgan fingerprint density at radius 2 is 1.92 bits per heavy atom. The highest BCUT2D eigenvalue weighted by molar-refractivity contribution is 7.89. The van der Waals surface area contributed by atoms with Crippen molar-refractivity contribution in [2.75, 3.05) is 19.6 Å². The van der Waals surface area contributed by atoms with Crippen LogP contribution in [-0.2, 0) is 10.0 Å². The number of hydrogen-bond donors (Lipinski definition) is 2. The van der Waals surface area contributed by atoms with E-state index in [4.69, 9.17) is 12.2 Å². The molecule has 0 saturated carbocycles. The molecule has 25 heavy (non-hydrogen) atoms. The maximum atomic E-state index is 12.6. The van der Waals surface area contributed by atoms with E-state index in [1.165, 1.54) is 0 Å². The molecule has 0 spiro atoms. The summed E-state index contributed by atoms with van der Waals surface area (Å²) >= 11 is 5.07. The number of hydrogen-bond acceptors (Lipinski definition) is 4. The lowest BCUT2D eigenvalue weighted by molar-refractivity contribution is 0.346. The van der Waals surface area contributed by atoms with Gasteiger partial charge in [0, 0.05) is 19.6 Å². The number of nitrogens with one attached hydrogen (secondary N) is 2. The zero-order valence-corrected chi connectivity index (χ0v) is 16.0. The highest BCUT2D eigenvalue weighted by Crippen LogP contribution is 2.20. The van der Waals surface area contributed by atoms with E-state index in [0.29, 0.717) is 35.4 Å². The van der Waals surface area contributed by atoms with Crippen molar-refractivity contribution in [1.29, 1.82) is 0 Å². The van der Waals surface area contributed by atoms with Crippen molar-refractivity contribution < 1.29 is 8.42 Å². The van der Waals surface area contributed by atoms with Crippen LogP contribution >= 0.6 is 12.2 Å². The van der Waals surface area contributed by atoms with Crippen LogP contribution in [0.1, 0.15) is 31.7 Å². The number of sulfonamides is 1. The van der Waals surface area contributed by atoms with Crippen LogP contribution in [0.25, 0.3) is 0 Å². The summed E-state index contributed by atoms with van der Waals surface area (Å²) in [6.45, 7) is 7.19. The molecule has 0 amide bonds. The molecule has 136 valence electrons. The van der Waals surface area contributed by atoms with Crippen molar-refractivity contribution in [3.05, 3.63) is 42.5 Å². The van der Waals surface area contributed by atoms with E-state index in [0.717, 1.165) is 24.8 Å². The van der Waals surface area contributed by atoms with E-state index in [9.17, 15) is 8.42 Å². The van der Waals surface area contributed by atoms with Crippen molar-refractivity contribution in [2.45, 2.75) is 31.1 Å². The maximum absolute atomic E-state index is 12.6. The van der Waals surface area contributed by atoms with E-state index in [1.807, 2.05) is 6.92 Å². The number of hydrazone groups is 1. The maximum Gasteiger partial charge on any atom is 0.243 e. The molecule has 0 aliphatic carbocycles. The van der Waals surface area contributed by atoms with Crippen molar-refractivity contribution in [1.82, 2.24) is 15.0 Å². The first-order valence-corrected chi connectivity index (χ1v) is 10.1. The van der Waals surface area contributed by atoms with Crippen molar-refractivity contribution in [3.63, 3.8) is 0 Å². The quantitative estimate of drug-likeness (QED) is 0.343. The van der Waals surface area contributed by atoms with Gasteiger partial charge in [-0.1, -0.05) is 24.6 Å². The predicted molar refractivity (Wildman–Crippen MR) is 105 cm³/mol. The third-order valence-electron chi connectivity index (χ3n) is 3.96. The van der Waals surface area contributed by atoms with E-state index in [2.05, 4.69) is 22.4 Å². The average molecular weight is 381 g/mol. The molecule has 1 aliphatic rings. The molecule has 1 aromatic carbocycles. The van der Waals surface area contributed by atoms with Gasteiger partial charge in [0.2, 0.25) is 10.0 Å². The van der Waals surface area contributed by atoms with Gasteiger partial charge in [-0.05, 0) is 49.7 Å². The van der Waals surface area contributed by atoms with Gasteiger partial charge in [0.25, 0.3) is 0 Å². The van der Waals surface area contributed by atoms with Gasteiger partial charge in [0.05, 0.1) is 10.6 Å². The summed E-state index contributed by atoms with van der Waals surface area (Å²) in [6.07, 6.45) is 4.65. The Hall–Kier alpha value is -1.77. The first kappa shape index (κ1) is 19.6. The Bertz CT molecular complexity index is 736. The molecule has 0 aromatic heterocycles. The van der Waals surface area contributed by atoms with Crippen LogP contribution in [0.5, 0.6) is 0 Å². The Morgan fingerprint density at radius 3 is 2.52 bits per heavy atom. The average Bonchev–Trinajstić information content (AvgIpc) is 2.65. The molecule has 1 saturated heterocycles. The molecule has 1 fully saturated rings. The van der Waals surface area contributed by atoms with Gasteiger partial charge in [-0.3, -0.25) is 5.43 Å². The predicted octanol–water partition coefficient (Wildman–Crippen LogP) is 2.24. The SMILES string of the molecule is C=CCNC(=S)N/N=C(/C)c1ccc(S(=O)(=O)N2CCCCC2)cc1. The zero-order valence-electron chi connectivity index (χ0n) is 14.4. The lowest BCUT2D eigenvalue weighted by atomic mass is 10.1. The minimum Gasteiger partial charge on any atom is -0.358 e. The Balaban J connectivity index is 2.05. The molecular weight excluding hydrogens is 356 g/mol. The smallest absolute Gasteiger partial charge is 0.243 e. The molecule has 6 nitrogen and oxygen atoms in total. The first-order valence-electron chi connectivity index (χ1n) is 8.25. The van der Waals surface area contributed by atoms with E-state index >= 15 is 0 Å². The Morgan fingerprint density at radius 1 is 1.28 bits per heavy atom. The summed E-state index contributed by atoms with van der Waals surface area (Å²) in [5, 5.41) is 7.52. The van der Waals surface area contributed by atoms with Gasteiger partial charge in [0.1, 0.15) is 0 Å². The minimum atomic E-state index is -3.40. The third kappa shape index (κ3) is 5.35. The summed E-state index contributed by atoms with van der Waals surface area (Å²) < 4.78 is 26.8. The van der Waals surface area contributed by atoms with Crippen LogP contribution in [0.15, 0.2) is 46.9 Å². The topological polar surface area (TPSA) is 73.8 Å². The standard InChI is InChI=1S/C17H24N4O2S2/c1-3-11-18-17(24)20-19-14(2)15-7-9-16(10-8-15)25(22,23)21-12-5-4-6-13-21/h3,7-10H,1,4-6,11-13H2,2H3,(H2,18,20,24)/b19-14-. The molecular formula is C17H24N4O2S2. The fourth-order valence-corrected chi connectivity index (χ4v) is 4.17. The second-order valence-electron chi connectivity index (χ2n) is 5.80. The number of thiocarbonyl (C=S) groups is 1. The highest BCUT2D eigenvalue weighted by Gasteiger charge is 2.25. The molecule has 0 radical (unpaired) electrons. The summed E-state index contributed by atoms with van der Waals surface area (Å²) in [7, 11) is -3.40.